The maximum Gasteiger partial charge on any atom is 0.133 e. The first-order chi connectivity index (χ1) is 13.7. The van der Waals surface area contributed by atoms with E-state index in [9.17, 15) is 4.79 Å². The molecule has 0 aromatic heterocycles. The first kappa shape index (κ1) is 21.4. The molecule has 0 radical (unpaired) electrons. The monoisotopic (exact) mass is 396 g/mol. The first-order valence-corrected chi connectivity index (χ1v) is 12.6. The molecule has 0 N–H and O–H groups in total. The van der Waals surface area contributed by atoms with Gasteiger partial charge in [0.1, 0.15) is 5.78 Å². The lowest BCUT2D eigenvalue weighted by atomic mass is 9.48. The third kappa shape index (κ3) is 3.49. The minimum atomic E-state index is 0.385. The Kier molecular flexibility index (Phi) is 5.67. The van der Waals surface area contributed by atoms with Crippen LogP contribution in [-0.2, 0) is 4.79 Å². The number of allylic oxidation sites excluding steroid dienone is 4. The van der Waals surface area contributed by atoms with E-state index in [-0.39, 0.29) is 0 Å². The van der Waals surface area contributed by atoms with Crippen molar-refractivity contribution in [2.24, 2.45) is 52.3 Å². The van der Waals surface area contributed by atoms with Crippen molar-refractivity contribution in [3.05, 3.63) is 23.8 Å². The van der Waals surface area contributed by atoms with Crippen LogP contribution in [-0.4, -0.2) is 5.78 Å². The van der Waals surface area contributed by atoms with Crippen molar-refractivity contribution >= 4 is 5.78 Å². The molecular formula is C28H44O. The third-order valence-electron chi connectivity index (χ3n) is 10.4. The SMILES string of the molecule is CC(C)[C@@H](C)C=C[C@@H](C)[C@H]1CC[C@@H]2C3=CCC4CC(=O)CC[C@]4(C)[C@H]3CC[C@@]21C. The van der Waals surface area contributed by atoms with E-state index in [1.165, 1.54) is 25.7 Å². The second-order valence-corrected chi connectivity index (χ2v) is 12.1. The van der Waals surface area contributed by atoms with Crippen molar-refractivity contribution in [1.82, 2.24) is 0 Å². The minimum absolute atomic E-state index is 0.385. The molecule has 1 heteroatoms. The smallest absolute Gasteiger partial charge is 0.133 e. The van der Waals surface area contributed by atoms with Crippen LogP contribution in [0.4, 0.5) is 0 Å². The van der Waals surface area contributed by atoms with Gasteiger partial charge in [-0.15, -0.1) is 0 Å². The molecule has 0 heterocycles. The summed E-state index contributed by atoms with van der Waals surface area (Å²) in [5.41, 5.74) is 2.68. The highest BCUT2D eigenvalue weighted by Crippen LogP contribution is 2.66. The van der Waals surface area contributed by atoms with Gasteiger partial charge in [0.05, 0.1) is 0 Å². The largest absolute Gasteiger partial charge is 0.300 e. The quantitative estimate of drug-likeness (QED) is 0.447. The Morgan fingerprint density at radius 2 is 1.69 bits per heavy atom. The van der Waals surface area contributed by atoms with Gasteiger partial charge >= 0.3 is 0 Å². The Hall–Kier alpha value is -0.850. The molecule has 0 aromatic rings. The second-order valence-electron chi connectivity index (χ2n) is 12.1. The van der Waals surface area contributed by atoms with E-state index in [1.54, 1.807) is 0 Å². The molecule has 4 aliphatic rings. The average molecular weight is 397 g/mol. The van der Waals surface area contributed by atoms with E-state index in [0.29, 0.717) is 34.4 Å². The standard InChI is InChI=1S/C28H44O/c1-18(2)19(3)7-8-20(4)24-11-12-25-23-10-9-21-17-22(29)13-15-27(21,5)26(23)14-16-28(24,25)6/h7-8,10,18-21,24-26H,9,11-17H2,1-6H3/t19-,20+,21?,24+,25+,26-,27-,28+/m0/s1. The molecular weight excluding hydrogens is 352 g/mol. The molecule has 3 saturated carbocycles. The maximum absolute atomic E-state index is 12.1. The molecule has 162 valence electrons. The lowest BCUT2D eigenvalue weighted by Crippen LogP contribution is -2.49. The third-order valence-corrected chi connectivity index (χ3v) is 10.4. The summed E-state index contributed by atoms with van der Waals surface area (Å²) in [5, 5.41) is 0. The lowest BCUT2D eigenvalue weighted by molar-refractivity contribution is -0.127. The van der Waals surface area contributed by atoms with Gasteiger partial charge in [-0.25, -0.2) is 0 Å². The van der Waals surface area contributed by atoms with Gasteiger partial charge in [0.2, 0.25) is 0 Å². The van der Waals surface area contributed by atoms with Gasteiger partial charge in [0.15, 0.2) is 0 Å². The summed E-state index contributed by atoms with van der Waals surface area (Å²) >= 11 is 0. The van der Waals surface area contributed by atoms with Crippen molar-refractivity contribution in [3.8, 4) is 0 Å². The molecule has 3 fully saturated rings. The van der Waals surface area contributed by atoms with Crippen molar-refractivity contribution < 1.29 is 4.79 Å². The highest BCUT2D eigenvalue weighted by Gasteiger charge is 2.57. The van der Waals surface area contributed by atoms with Crippen LogP contribution >= 0.6 is 0 Å². The fraction of sp³-hybridized carbons (Fsp3) is 0.821. The average Bonchev–Trinajstić information content (AvgIpc) is 3.03. The number of carbonyl (C=O) groups is 1. The molecule has 4 rings (SSSR count). The molecule has 0 amide bonds. The van der Waals surface area contributed by atoms with E-state index in [2.05, 4.69) is 59.8 Å². The van der Waals surface area contributed by atoms with Crippen molar-refractivity contribution in [2.75, 3.05) is 0 Å². The highest BCUT2D eigenvalue weighted by atomic mass is 16.1. The molecule has 1 nitrogen and oxygen atoms in total. The predicted octanol–water partition coefficient (Wildman–Crippen LogP) is 7.62. The summed E-state index contributed by atoms with van der Waals surface area (Å²) in [6, 6.07) is 0. The van der Waals surface area contributed by atoms with Crippen LogP contribution in [0.2, 0.25) is 0 Å². The molecule has 8 atom stereocenters. The van der Waals surface area contributed by atoms with E-state index in [0.717, 1.165) is 49.4 Å². The first-order valence-electron chi connectivity index (χ1n) is 12.6. The summed E-state index contributed by atoms with van der Waals surface area (Å²) in [7, 11) is 0. The number of ketones is 1. The molecule has 0 saturated heterocycles. The molecule has 0 bridgehead atoms. The number of hydrogen-bond donors (Lipinski definition) is 0. The topological polar surface area (TPSA) is 17.1 Å². The van der Waals surface area contributed by atoms with Crippen LogP contribution in [0, 0.1) is 52.3 Å². The number of hydrogen-bond acceptors (Lipinski definition) is 1. The van der Waals surface area contributed by atoms with Crippen LogP contribution < -0.4 is 0 Å². The Labute approximate surface area is 179 Å². The fourth-order valence-electron chi connectivity index (χ4n) is 7.91. The fourth-order valence-corrected chi connectivity index (χ4v) is 7.91. The van der Waals surface area contributed by atoms with E-state index >= 15 is 0 Å². The van der Waals surface area contributed by atoms with Gasteiger partial charge in [-0.3, -0.25) is 4.79 Å². The van der Waals surface area contributed by atoms with Crippen LogP contribution in [0.3, 0.4) is 0 Å². The zero-order chi connectivity index (χ0) is 21.0. The van der Waals surface area contributed by atoms with Crippen LogP contribution in [0.1, 0.15) is 92.9 Å². The van der Waals surface area contributed by atoms with Gasteiger partial charge in [-0.1, -0.05) is 65.3 Å². The van der Waals surface area contributed by atoms with Crippen molar-refractivity contribution in [3.63, 3.8) is 0 Å². The van der Waals surface area contributed by atoms with Gasteiger partial charge in [-0.2, -0.15) is 0 Å². The Morgan fingerprint density at radius 3 is 2.41 bits per heavy atom. The summed E-state index contributed by atoms with van der Waals surface area (Å²) in [6.07, 6.45) is 17.2. The molecule has 0 aromatic carbocycles. The van der Waals surface area contributed by atoms with E-state index in [1.807, 2.05) is 5.57 Å². The second kappa shape index (κ2) is 7.69. The molecule has 0 spiro atoms. The van der Waals surface area contributed by atoms with E-state index in [4.69, 9.17) is 0 Å². The van der Waals surface area contributed by atoms with Crippen LogP contribution in [0.5, 0.6) is 0 Å². The summed E-state index contributed by atoms with van der Waals surface area (Å²) < 4.78 is 0. The lowest BCUT2D eigenvalue weighted by Gasteiger charge is -2.57. The van der Waals surface area contributed by atoms with Crippen LogP contribution in [0.25, 0.3) is 0 Å². The zero-order valence-electron chi connectivity index (χ0n) is 19.8. The van der Waals surface area contributed by atoms with Gasteiger partial charge < -0.3 is 0 Å². The summed E-state index contributed by atoms with van der Waals surface area (Å²) in [4.78, 5) is 12.1. The Balaban J connectivity index is 1.55. The van der Waals surface area contributed by atoms with Gasteiger partial charge in [-0.05, 0) is 90.8 Å². The van der Waals surface area contributed by atoms with Gasteiger partial charge in [0.25, 0.3) is 0 Å². The summed E-state index contributed by atoms with van der Waals surface area (Å²) in [6.45, 7) is 14.7. The van der Waals surface area contributed by atoms with Crippen LogP contribution in [0.15, 0.2) is 23.8 Å². The van der Waals surface area contributed by atoms with Crippen molar-refractivity contribution in [2.45, 2.75) is 92.9 Å². The Morgan fingerprint density at radius 1 is 0.966 bits per heavy atom. The zero-order valence-corrected chi connectivity index (χ0v) is 19.8. The number of Topliss-reactive ketones (excluding diaryl/α,β-unsaturated/α-hetero) is 1. The van der Waals surface area contributed by atoms with Crippen molar-refractivity contribution in [1.29, 1.82) is 0 Å². The Bertz CT molecular complexity index is 699. The maximum atomic E-state index is 12.1. The highest BCUT2D eigenvalue weighted by molar-refractivity contribution is 5.79. The number of fused-ring (bicyclic) bond motifs is 5. The summed E-state index contributed by atoms with van der Waals surface area (Å²) in [5.74, 6) is 5.57. The normalized spacial score (nSPS) is 44.2. The molecule has 0 aliphatic heterocycles. The molecule has 1 unspecified atom stereocenters. The molecule has 4 aliphatic carbocycles. The minimum Gasteiger partial charge on any atom is -0.300 e. The van der Waals surface area contributed by atoms with Gasteiger partial charge in [0, 0.05) is 12.8 Å². The number of carbonyl (C=O) groups excluding carboxylic acids is 1. The number of rotatable bonds is 4. The predicted molar refractivity (Wildman–Crippen MR) is 123 cm³/mol. The van der Waals surface area contributed by atoms with E-state index < -0.39 is 0 Å². The molecule has 29 heavy (non-hydrogen) atoms.